The Labute approximate surface area is 180 Å². The molecule has 1 saturated heterocycles. The van der Waals surface area contributed by atoms with Crippen molar-refractivity contribution >= 4 is 17.7 Å². The molecule has 0 unspecified atom stereocenters. The van der Waals surface area contributed by atoms with E-state index >= 15 is 0 Å². The Morgan fingerprint density at radius 3 is 2.80 bits per heavy atom. The lowest BCUT2D eigenvalue weighted by atomic mass is 9.78. The number of nitrogens with zero attached hydrogens (tertiary/aromatic N) is 2. The van der Waals surface area contributed by atoms with Crippen molar-refractivity contribution in [2.24, 2.45) is 0 Å². The molecule has 3 aromatic rings. The number of aromatic nitrogens is 1. The second-order valence-electron chi connectivity index (χ2n) is 7.43. The maximum absolute atomic E-state index is 13.3. The predicted molar refractivity (Wildman–Crippen MR) is 116 cm³/mol. The van der Waals surface area contributed by atoms with Gasteiger partial charge in [-0.2, -0.15) is 0 Å². The molecule has 0 aliphatic carbocycles. The van der Waals surface area contributed by atoms with E-state index in [0.717, 1.165) is 17.9 Å². The normalized spacial score (nSPS) is 22.0. The number of amides is 1. The van der Waals surface area contributed by atoms with E-state index in [1.165, 1.54) is 11.8 Å². The third kappa shape index (κ3) is 4.14. The molecule has 2 atom stereocenters. The smallest absolute Gasteiger partial charge is 0.254 e. The van der Waals surface area contributed by atoms with Crippen LogP contribution < -0.4 is 5.32 Å². The lowest BCUT2D eigenvalue weighted by molar-refractivity contribution is -0.0198. The number of hydrogen-bond acceptors (Lipinski definition) is 6. The number of piperidine rings is 1. The van der Waals surface area contributed by atoms with E-state index in [1.807, 2.05) is 48.7 Å². The Morgan fingerprint density at radius 1 is 1.27 bits per heavy atom. The Bertz CT molecular complexity index is 980. The molecule has 1 aliphatic heterocycles. The third-order valence-electron chi connectivity index (χ3n) is 5.62. The van der Waals surface area contributed by atoms with Gasteiger partial charge >= 0.3 is 0 Å². The number of aliphatic hydroxyl groups excluding tert-OH is 1. The first-order valence-corrected chi connectivity index (χ1v) is 11.1. The van der Waals surface area contributed by atoms with Gasteiger partial charge in [0.05, 0.1) is 30.0 Å². The number of rotatable bonds is 6. The number of benzene rings is 1. The van der Waals surface area contributed by atoms with E-state index in [9.17, 15) is 9.90 Å². The minimum Gasteiger partial charge on any atom is -0.468 e. The van der Waals surface area contributed by atoms with Crippen LogP contribution in [0.4, 0.5) is 0 Å². The average molecular weight is 424 g/mol. The van der Waals surface area contributed by atoms with Gasteiger partial charge in [0.2, 0.25) is 0 Å². The number of furan rings is 1. The largest absolute Gasteiger partial charge is 0.468 e. The van der Waals surface area contributed by atoms with Gasteiger partial charge in [0.25, 0.3) is 5.91 Å². The molecule has 0 saturated carbocycles. The summed E-state index contributed by atoms with van der Waals surface area (Å²) in [5, 5.41) is 15.1. The van der Waals surface area contributed by atoms with Crippen LogP contribution in [0.5, 0.6) is 0 Å². The highest BCUT2D eigenvalue weighted by Crippen LogP contribution is 2.34. The fourth-order valence-corrected chi connectivity index (χ4v) is 4.59. The Balaban J connectivity index is 1.61. The molecule has 1 aliphatic rings. The molecule has 7 heteroatoms. The monoisotopic (exact) mass is 423 g/mol. The molecule has 1 amide bonds. The van der Waals surface area contributed by atoms with Gasteiger partial charge < -0.3 is 14.8 Å². The molecule has 6 nitrogen and oxygen atoms in total. The van der Waals surface area contributed by atoms with Gasteiger partial charge in [0.1, 0.15) is 10.8 Å². The molecule has 3 heterocycles. The lowest BCUT2D eigenvalue weighted by Crippen LogP contribution is -2.61. The SMILES string of the molecule is CSc1ncccc1C(=O)N[C@@]1(c2ccccc2)CCN(Cc2ccco2)C[C@H]1O. The number of thioether (sulfide) groups is 1. The van der Waals surface area contributed by atoms with Crippen molar-refractivity contribution in [3.8, 4) is 0 Å². The van der Waals surface area contributed by atoms with Crippen molar-refractivity contribution < 1.29 is 14.3 Å². The topological polar surface area (TPSA) is 78.6 Å². The maximum Gasteiger partial charge on any atom is 0.254 e. The van der Waals surface area contributed by atoms with Crippen molar-refractivity contribution in [3.05, 3.63) is 83.9 Å². The Morgan fingerprint density at radius 2 is 2.10 bits per heavy atom. The van der Waals surface area contributed by atoms with Gasteiger partial charge in [-0.25, -0.2) is 4.98 Å². The van der Waals surface area contributed by atoms with Crippen LogP contribution >= 0.6 is 11.8 Å². The van der Waals surface area contributed by atoms with Crippen LogP contribution in [0.25, 0.3) is 0 Å². The number of nitrogens with one attached hydrogen (secondary N) is 1. The zero-order valence-corrected chi connectivity index (χ0v) is 17.6. The average Bonchev–Trinajstić information content (AvgIpc) is 3.29. The van der Waals surface area contributed by atoms with Gasteiger partial charge in [-0.15, -0.1) is 11.8 Å². The van der Waals surface area contributed by atoms with E-state index < -0.39 is 11.6 Å². The zero-order chi connectivity index (χ0) is 21.0. The lowest BCUT2D eigenvalue weighted by Gasteiger charge is -2.46. The molecule has 2 aromatic heterocycles. The van der Waals surface area contributed by atoms with Crippen LogP contribution in [0, 0.1) is 0 Å². The van der Waals surface area contributed by atoms with E-state index in [2.05, 4.69) is 15.2 Å². The predicted octanol–water partition coefficient (Wildman–Crippen LogP) is 3.29. The number of aliphatic hydroxyl groups is 1. The summed E-state index contributed by atoms with van der Waals surface area (Å²) in [6.07, 6.45) is 5.04. The molecule has 0 spiro atoms. The van der Waals surface area contributed by atoms with Crippen LogP contribution in [0.15, 0.2) is 76.5 Å². The summed E-state index contributed by atoms with van der Waals surface area (Å²) in [5.41, 5.74) is 0.549. The first-order valence-electron chi connectivity index (χ1n) is 9.92. The summed E-state index contributed by atoms with van der Waals surface area (Å²) in [7, 11) is 0. The first-order chi connectivity index (χ1) is 14.6. The summed E-state index contributed by atoms with van der Waals surface area (Å²) < 4.78 is 5.45. The fourth-order valence-electron chi connectivity index (χ4n) is 4.05. The van der Waals surface area contributed by atoms with E-state index in [0.29, 0.717) is 30.1 Å². The molecular weight excluding hydrogens is 398 g/mol. The number of β-amino-alcohol motifs (C(OH)–C–C–N with tert-alkyl or cyclic N) is 1. The standard InChI is InChI=1S/C23H25N3O3S/c1-30-22-19(10-5-12-24-22)21(28)25-23(17-7-3-2-4-8-17)11-13-26(16-20(23)27)15-18-9-6-14-29-18/h2-10,12,14,20,27H,11,13,15-16H2,1H3,(H,25,28)/t20-,23-/m1/s1. The van der Waals surface area contributed by atoms with Gasteiger partial charge in [0, 0.05) is 19.3 Å². The maximum atomic E-state index is 13.3. The molecule has 1 aromatic carbocycles. The van der Waals surface area contributed by atoms with Gasteiger partial charge in [-0.1, -0.05) is 30.3 Å². The highest BCUT2D eigenvalue weighted by atomic mass is 32.2. The molecule has 30 heavy (non-hydrogen) atoms. The summed E-state index contributed by atoms with van der Waals surface area (Å²) >= 11 is 1.43. The summed E-state index contributed by atoms with van der Waals surface area (Å²) in [4.78, 5) is 19.7. The van der Waals surface area contributed by atoms with E-state index in [4.69, 9.17) is 4.42 Å². The van der Waals surface area contributed by atoms with Crippen molar-refractivity contribution in [3.63, 3.8) is 0 Å². The Kier molecular flexibility index (Phi) is 6.22. The molecule has 4 rings (SSSR count). The van der Waals surface area contributed by atoms with Gasteiger partial charge in [-0.3, -0.25) is 9.69 Å². The quantitative estimate of drug-likeness (QED) is 0.593. The fraction of sp³-hybridized carbons (Fsp3) is 0.304. The van der Waals surface area contributed by atoms with Crippen LogP contribution in [-0.4, -0.2) is 46.3 Å². The van der Waals surface area contributed by atoms with Crippen molar-refractivity contribution in [1.82, 2.24) is 15.2 Å². The number of hydrogen-bond donors (Lipinski definition) is 2. The highest BCUT2D eigenvalue weighted by molar-refractivity contribution is 7.98. The number of carbonyl (C=O) groups excluding carboxylic acids is 1. The van der Waals surface area contributed by atoms with Gasteiger partial charge in [-0.05, 0) is 42.5 Å². The number of likely N-dealkylation sites (tertiary alicyclic amines) is 1. The van der Waals surface area contributed by atoms with E-state index in [1.54, 1.807) is 24.6 Å². The highest BCUT2D eigenvalue weighted by Gasteiger charge is 2.45. The summed E-state index contributed by atoms with van der Waals surface area (Å²) in [6, 6.07) is 17.0. The van der Waals surface area contributed by atoms with Crippen LogP contribution in [0.3, 0.4) is 0 Å². The van der Waals surface area contributed by atoms with Gasteiger partial charge in [0.15, 0.2) is 0 Å². The minimum atomic E-state index is -0.872. The molecular formula is C23H25N3O3S. The zero-order valence-electron chi connectivity index (χ0n) is 16.8. The van der Waals surface area contributed by atoms with E-state index in [-0.39, 0.29) is 5.91 Å². The molecule has 156 valence electrons. The second-order valence-corrected chi connectivity index (χ2v) is 8.23. The van der Waals surface area contributed by atoms with Crippen molar-refractivity contribution in [1.29, 1.82) is 0 Å². The van der Waals surface area contributed by atoms with Crippen molar-refractivity contribution in [2.75, 3.05) is 19.3 Å². The second kappa shape index (κ2) is 9.04. The number of pyridine rings is 1. The molecule has 0 bridgehead atoms. The summed E-state index contributed by atoms with van der Waals surface area (Å²) in [5.74, 6) is 0.633. The summed E-state index contributed by atoms with van der Waals surface area (Å²) in [6.45, 7) is 1.77. The van der Waals surface area contributed by atoms with Crippen LogP contribution in [0.2, 0.25) is 0 Å². The van der Waals surface area contributed by atoms with Crippen LogP contribution in [0.1, 0.15) is 28.1 Å². The minimum absolute atomic E-state index is 0.227. The third-order valence-corrected chi connectivity index (χ3v) is 6.33. The molecule has 2 N–H and O–H groups in total. The Hall–Kier alpha value is -2.61. The molecule has 1 fully saturated rings. The van der Waals surface area contributed by atoms with Crippen molar-refractivity contribution in [2.45, 2.75) is 29.6 Å². The number of carbonyl (C=O) groups is 1. The van der Waals surface area contributed by atoms with Crippen LogP contribution in [-0.2, 0) is 12.1 Å². The first kappa shape index (κ1) is 20.7. The molecule has 0 radical (unpaired) electrons.